The van der Waals surface area contributed by atoms with Gasteiger partial charge in [-0.2, -0.15) is 0 Å². The van der Waals surface area contributed by atoms with Gasteiger partial charge in [-0.15, -0.1) is 0 Å². The minimum atomic E-state index is 0.383. The van der Waals surface area contributed by atoms with Crippen molar-refractivity contribution in [3.8, 4) is 0 Å². The van der Waals surface area contributed by atoms with Crippen molar-refractivity contribution in [2.24, 2.45) is 0 Å². The number of aromatic nitrogens is 1. The summed E-state index contributed by atoms with van der Waals surface area (Å²) in [6.07, 6.45) is 3.05. The third-order valence-corrected chi connectivity index (χ3v) is 1.07. The SMILES string of the molecule is O=[C]c1ccc(Cl)nc1. The highest BCUT2D eigenvalue weighted by Gasteiger charge is 1.89. The number of pyridine rings is 1. The second kappa shape index (κ2) is 2.60. The first-order valence-electron chi connectivity index (χ1n) is 2.32. The van der Waals surface area contributed by atoms with Crippen molar-refractivity contribution >= 4 is 17.9 Å². The number of nitrogens with zero attached hydrogens (tertiary/aromatic N) is 1. The lowest BCUT2D eigenvalue weighted by Gasteiger charge is -1.85. The highest BCUT2D eigenvalue weighted by atomic mass is 35.5. The zero-order chi connectivity index (χ0) is 6.69. The summed E-state index contributed by atoms with van der Waals surface area (Å²) in [7, 11) is 0. The van der Waals surface area contributed by atoms with Gasteiger partial charge in [-0.3, -0.25) is 4.79 Å². The topological polar surface area (TPSA) is 30.0 Å². The van der Waals surface area contributed by atoms with Crippen LogP contribution in [0.5, 0.6) is 0 Å². The maximum Gasteiger partial charge on any atom is 0.235 e. The zero-order valence-electron chi connectivity index (χ0n) is 4.47. The van der Waals surface area contributed by atoms with E-state index < -0.39 is 0 Å². The summed E-state index contributed by atoms with van der Waals surface area (Å²) in [5.41, 5.74) is 0.416. The van der Waals surface area contributed by atoms with Gasteiger partial charge in [0.25, 0.3) is 0 Å². The predicted molar refractivity (Wildman–Crippen MR) is 34.0 cm³/mol. The summed E-state index contributed by atoms with van der Waals surface area (Å²) >= 11 is 5.43. The van der Waals surface area contributed by atoms with E-state index in [2.05, 4.69) is 4.98 Å². The van der Waals surface area contributed by atoms with Gasteiger partial charge in [0.05, 0.1) is 0 Å². The van der Waals surface area contributed by atoms with Gasteiger partial charge in [0.15, 0.2) is 0 Å². The summed E-state index contributed by atoms with van der Waals surface area (Å²) in [5, 5.41) is 0.383. The molecule has 1 heterocycles. The maximum absolute atomic E-state index is 9.91. The summed E-state index contributed by atoms with van der Waals surface area (Å²) in [4.78, 5) is 13.6. The lowest BCUT2D eigenvalue weighted by Crippen LogP contribution is -1.80. The molecule has 0 saturated carbocycles. The number of hydrogen-bond donors (Lipinski definition) is 0. The lowest BCUT2D eigenvalue weighted by molar-refractivity contribution is 0.562. The van der Waals surface area contributed by atoms with E-state index in [1.807, 2.05) is 0 Å². The number of halogens is 1. The molecule has 0 aromatic carbocycles. The van der Waals surface area contributed by atoms with Crippen LogP contribution in [0, 0.1) is 0 Å². The Morgan fingerprint density at radius 1 is 1.56 bits per heavy atom. The average molecular weight is 141 g/mol. The zero-order valence-corrected chi connectivity index (χ0v) is 5.22. The first-order valence-corrected chi connectivity index (χ1v) is 2.70. The monoisotopic (exact) mass is 140 g/mol. The molecule has 1 rings (SSSR count). The molecule has 0 saturated heterocycles. The van der Waals surface area contributed by atoms with Crippen molar-refractivity contribution in [2.75, 3.05) is 0 Å². The molecule has 0 aliphatic rings. The van der Waals surface area contributed by atoms with E-state index >= 15 is 0 Å². The Morgan fingerprint density at radius 2 is 2.33 bits per heavy atom. The molecule has 2 nitrogen and oxygen atoms in total. The van der Waals surface area contributed by atoms with E-state index in [0.29, 0.717) is 10.7 Å². The molecule has 0 bridgehead atoms. The van der Waals surface area contributed by atoms with Crippen LogP contribution in [0.3, 0.4) is 0 Å². The van der Waals surface area contributed by atoms with Gasteiger partial charge in [-0.1, -0.05) is 11.6 Å². The van der Waals surface area contributed by atoms with Crippen LogP contribution in [0.4, 0.5) is 0 Å². The van der Waals surface area contributed by atoms with Crippen molar-refractivity contribution < 1.29 is 4.79 Å². The Bertz CT molecular complexity index is 207. The van der Waals surface area contributed by atoms with Crippen molar-refractivity contribution in [1.82, 2.24) is 4.98 Å². The van der Waals surface area contributed by atoms with Crippen molar-refractivity contribution in [3.05, 3.63) is 29.0 Å². The fourth-order valence-electron chi connectivity index (χ4n) is 0.436. The summed E-state index contributed by atoms with van der Waals surface area (Å²) < 4.78 is 0. The van der Waals surface area contributed by atoms with Crippen LogP contribution >= 0.6 is 11.6 Å². The smallest absolute Gasteiger partial charge is 0.235 e. The standard InChI is InChI=1S/C6H3ClNO/c7-6-2-1-5(4-9)3-8-6/h1-3H. The van der Waals surface area contributed by atoms with Gasteiger partial charge in [-0.25, -0.2) is 4.98 Å². The highest BCUT2D eigenvalue weighted by molar-refractivity contribution is 6.29. The normalized spacial score (nSPS) is 9.00. The van der Waals surface area contributed by atoms with Gasteiger partial charge in [0, 0.05) is 11.8 Å². The van der Waals surface area contributed by atoms with E-state index in [9.17, 15) is 4.79 Å². The second-order valence-electron chi connectivity index (χ2n) is 1.47. The number of hydrogen-bond acceptors (Lipinski definition) is 2. The molecule has 0 amide bonds. The maximum atomic E-state index is 9.91. The lowest BCUT2D eigenvalue weighted by atomic mass is 10.3. The van der Waals surface area contributed by atoms with Crippen LogP contribution in [0.1, 0.15) is 5.56 Å². The molecule has 0 spiro atoms. The van der Waals surface area contributed by atoms with E-state index in [1.165, 1.54) is 6.20 Å². The minimum Gasteiger partial charge on any atom is -0.285 e. The molecular formula is C6H3ClNO. The van der Waals surface area contributed by atoms with Gasteiger partial charge < -0.3 is 0 Å². The Balaban J connectivity index is 3.01. The minimum absolute atomic E-state index is 0.383. The molecular weight excluding hydrogens is 138 g/mol. The summed E-state index contributed by atoms with van der Waals surface area (Å²) in [6.45, 7) is 0. The van der Waals surface area contributed by atoms with Crippen LogP contribution in [0.15, 0.2) is 18.3 Å². The molecule has 45 valence electrons. The van der Waals surface area contributed by atoms with Crippen molar-refractivity contribution in [2.45, 2.75) is 0 Å². The molecule has 9 heavy (non-hydrogen) atoms. The van der Waals surface area contributed by atoms with Crippen LogP contribution in [0.2, 0.25) is 5.15 Å². The van der Waals surface area contributed by atoms with Gasteiger partial charge in [-0.05, 0) is 12.1 Å². The molecule has 0 atom stereocenters. The Hall–Kier alpha value is -0.890. The first kappa shape index (κ1) is 6.23. The molecule has 1 aromatic heterocycles. The van der Waals surface area contributed by atoms with Gasteiger partial charge in [0.2, 0.25) is 6.29 Å². The summed E-state index contributed by atoms with van der Waals surface area (Å²) in [6, 6.07) is 3.10. The van der Waals surface area contributed by atoms with Crippen molar-refractivity contribution in [1.29, 1.82) is 0 Å². The molecule has 0 N–H and O–H groups in total. The molecule has 1 aromatic rings. The molecule has 0 aliphatic carbocycles. The van der Waals surface area contributed by atoms with Crippen LogP contribution in [0.25, 0.3) is 0 Å². The van der Waals surface area contributed by atoms with Gasteiger partial charge in [0.1, 0.15) is 5.15 Å². The molecule has 0 unspecified atom stereocenters. The van der Waals surface area contributed by atoms with Crippen LogP contribution < -0.4 is 0 Å². The first-order chi connectivity index (χ1) is 4.33. The van der Waals surface area contributed by atoms with E-state index in [-0.39, 0.29) is 0 Å². The Labute approximate surface area is 57.5 Å². The Morgan fingerprint density at radius 3 is 2.78 bits per heavy atom. The number of rotatable bonds is 1. The molecule has 3 heteroatoms. The van der Waals surface area contributed by atoms with Gasteiger partial charge >= 0.3 is 0 Å². The predicted octanol–water partition coefficient (Wildman–Crippen LogP) is 1.19. The average Bonchev–Trinajstić information content (AvgIpc) is 1.90. The third-order valence-electron chi connectivity index (χ3n) is 0.845. The summed E-state index contributed by atoms with van der Waals surface area (Å²) in [5.74, 6) is 0. The van der Waals surface area contributed by atoms with Crippen LogP contribution in [-0.4, -0.2) is 11.3 Å². The molecule has 0 fully saturated rings. The number of carbonyl (C=O) groups excluding carboxylic acids is 1. The Kier molecular flexibility index (Phi) is 1.80. The largest absolute Gasteiger partial charge is 0.285 e. The second-order valence-corrected chi connectivity index (χ2v) is 1.86. The fourth-order valence-corrected chi connectivity index (χ4v) is 0.548. The quantitative estimate of drug-likeness (QED) is 0.549. The van der Waals surface area contributed by atoms with Crippen molar-refractivity contribution in [3.63, 3.8) is 0 Å². The van der Waals surface area contributed by atoms with E-state index in [4.69, 9.17) is 11.6 Å². The van der Waals surface area contributed by atoms with Crippen LogP contribution in [-0.2, 0) is 4.79 Å². The third kappa shape index (κ3) is 1.50. The molecule has 0 aliphatic heterocycles. The highest BCUT2D eigenvalue weighted by Crippen LogP contribution is 2.02. The van der Waals surface area contributed by atoms with E-state index in [0.717, 1.165) is 0 Å². The van der Waals surface area contributed by atoms with E-state index in [1.54, 1.807) is 18.4 Å². The fraction of sp³-hybridized carbons (Fsp3) is 0. The molecule has 1 radical (unpaired) electrons.